The molecule has 118 valence electrons. The molecule has 0 spiro atoms. The number of urea groups is 1. The van der Waals surface area contributed by atoms with E-state index >= 15 is 0 Å². The summed E-state index contributed by atoms with van der Waals surface area (Å²) >= 11 is 0. The van der Waals surface area contributed by atoms with Crippen molar-refractivity contribution in [3.05, 3.63) is 17.8 Å². The molecule has 0 saturated heterocycles. The molecule has 0 aliphatic heterocycles. The first-order chi connectivity index (χ1) is 9.78. The van der Waals surface area contributed by atoms with Crippen LogP contribution >= 0.6 is 0 Å². The van der Waals surface area contributed by atoms with Crippen molar-refractivity contribution in [3.8, 4) is 0 Å². The molecule has 2 amide bonds. The SMILES string of the molecule is Cc1cnc(CNC(=O)NCCC(C)(C)CCC(=O)O)o1. The number of carboxylic acids is 1. The first-order valence-corrected chi connectivity index (χ1v) is 6.93. The first kappa shape index (κ1) is 17.0. The van der Waals surface area contributed by atoms with E-state index in [1.807, 2.05) is 13.8 Å². The third-order valence-electron chi connectivity index (χ3n) is 3.17. The van der Waals surface area contributed by atoms with E-state index in [0.29, 0.717) is 31.0 Å². The predicted octanol–water partition coefficient (Wildman–Crippen LogP) is 2.06. The standard InChI is InChI=1S/C14H23N3O4/c1-10-8-16-11(21-10)9-17-13(20)15-7-6-14(2,3)5-4-12(18)19/h8H,4-7,9H2,1-3H3,(H,18,19)(H2,15,17,20). The van der Waals surface area contributed by atoms with Gasteiger partial charge in [-0.05, 0) is 25.2 Å². The zero-order chi connectivity index (χ0) is 15.9. The van der Waals surface area contributed by atoms with Crippen molar-refractivity contribution in [1.29, 1.82) is 0 Å². The van der Waals surface area contributed by atoms with Crippen LogP contribution in [-0.4, -0.2) is 28.6 Å². The molecular weight excluding hydrogens is 274 g/mol. The van der Waals surface area contributed by atoms with Crippen LogP contribution in [0.2, 0.25) is 0 Å². The molecule has 1 rings (SSSR count). The van der Waals surface area contributed by atoms with Crippen LogP contribution in [0.3, 0.4) is 0 Å². The number of aromatic nitrogens is 1. The molecule has 0 unspecified atom stereocenters. The number of nitrogens with zero attached hydrogens (tertiary/aromatic N) is 1. The van der Waals surface area contributed by atoms with Gasteiger partial charge in [0.15, 0.2) is 0 Å². The van der Waals surface area contributed by atoms with Gasteiger partial charge in [0.1, 0.15) is 5.76 Å². The Balaban J connectivity index is 2.19. The fraction of sp³-hybridized carbons (Fsp3) is 0.643. The third-order valence-corrected chi connectivity index (χ3v) is 3.17. The molecule has 0 bridgehead atoms. The van der Waals surface area contributed by atoms with Crippen molar-refractivity contribution in [2.24, 2.45) is 5.41 Å². The van der Waals surface area contributed by atoms with E-state index in [9.17, 15) is 9.59 Å². The van der Waals surface area contributed by atoms with Crippen LogP contribution in [0.15, 0.2) is 10.6 Å². The van der Waals surface area contributed by atoms with Crippen LogP contribution in [0.1, 0.15) is 44.8 Å². The molecule has 7 heteroatoms. The summed E-state index contributed by atoms with van der Waals surface area (Å²) in [6.45, 7) is 6.50. The molecule has 3 N–H and O–H groups in total. The van der Waals surface area contributed by atoms with Gasteiger partial charge in [0.2, 0.25) is 5.89 Å². The monoisotopic (exact) mass is 297 g/mol. The van der Waals surface area contributed by atoms with Gasteiger partial charge in [0.05, 0.1) is 12.7 Å². The average molecular weight is 297 g/mol. The maximum Gasteiger partial charge on any atom is 0.315 e. The van der Waals surface area contributed by atoms with Crippen molar-refractivity contribution in [2.75, 3.05) is 6.54 Å². The fourth-order valence-electron chi connectivity index (χ4n) is 1.79. The smallest absolute Gasteiger partial charge is 0.315 e. The molecule has 0 radical (unpaired) electrons. The molecule has 7 nitrogen and oxygen atoms in total. The first-order valence-electron chi connectivity index (χ1n) is 6.93. The minimum absolute atomic E-state index is 0.120. The average Bonchev–Trinajstić information content (AvgIpc) is 2.80. The number of amides is 2. The van der Waals surface area contributed by atoms with Crippen LogP contribution in [0, 0.1) is 12.3 Å². The topological polar surface area (TPSA) is 104 Å². The van der Waals surface area contributed by atoms with Crippen molar-refractivity contribution < 1.29 is 19.1 Å². The normalized spacial score (nSPS) is 11.2. The third kappa shape index (κ3) is 7.34. The number of carboxylic acid groups (broad SMARTS) is 1. The van der Waals surface area contributed by atoms with Crippen LogP contribution in [0.5, 0.6) is 0 Å². The molecule has 0 fully saturated rings. The summed E-state index contributed by atoms with van der Waals surface area (Å²) in [5.74, 6) is 0.367. The highest BCUT2D eigenvalue weighted by Crippen LogP contribution is 2.25. The highest BCUT2D eigenvalue weighted by Gasteiger charge is 2.19. The second kappa shape index (κ2) is 7.66. The van der Waals surface area contributed by atoms with Crippen molar-refractivity contribution in [3.63, 3.8) is 0 Å². The summed E-state index contributed by atoms with van der Waals surface area (Å²) in [6, 6.07) is -0.292. The lowest BCUT2D eigenvalue weighted by Crippen LogP contribution is -2.37. The number of rotatable bonds is 8. The van der Waals surface area contributed by atoms with Gasteiger partial charge in [0.25, 0.3) is 0 Å². The maximum atomic E-state index is 11.6. The summed E-state index contributed by atoms with van der Waals surface area (Å²) in [7, 11) is 0. The minimum atomic E-state index is -0.796. The Morgan fingerprint density at radius 1 is 1.33 bits per heavy atom. The Labute approximate surface area is 124 Å². The van der Waals surface area contributed by atoms with E-state index in [4.69, 9.17) is 9.52 Å². The summed E-state index contributed by atoms with van der Waals surface area (Å²) < 4.78 is 5.24. The predicted molar refractivity (Wildman–Crippen MR) is 76.7 cm³/mol. The summed E-state index contributed by atoms with van der Waals surface area (Å²) in [4.78, 5) is 26.1. The Bertz CT molecular complexity index is 482. The van der Waals surface area contributed by atoms with E-state index in [1.54, 1.807) is 13.1 Å². The highest BCUT2D eigenvalue weighted by molar-refractivity contribution is 5.73. The van der Waals surface area contributed by atoms with Crippen LogP contribution in [0.4, 0.5) is 4.79 Å². The number of oxazole rings is 1. The van der Waals surface area contributed by atoms with E-state index in [0.717, 1.165) is 0 Å². The highest BCUT2D eigenvalue weighted by atomic mass is 16.4. The molecule has 21 heavy (non-hydrogen) atoms. The van der Waals surface area contributed by atoms with Crippen LogP contribution in [0.25, 0.3) is 0 Å². The molecule has 0 saturated carbocycles. The number of nitrogens with one attached hydrogen (secondary N) is 2. The zero-order valence-electron chi connectivity index (χ0n) is 12.7. The molecule has 1 aromatic heterocycles. The molecule has 0 aliphatic carbocycles. The zero-order valence-corrected chi connectivity index (χ0v) is 12.7. The number of carbonyl (C=O) groups excluding carboxylic acids is 1. The number of hydrogen-bond donors (Lipinski definition) is 3. The Kier molecular flexibility index (Phi) is 6.20. The number of hydrogen-bond acceptors (Lipinski definition) is 4. The number of aryl methyl sites for hydroxylation is 1. The Morgan fingerprint density at radius 2 is 2.05 bits per heavy atom. The minimum Gasteiger partial charge on any atom is -0.481 e. The summed E-state index contributed by atoms with van der Waals surface area (Å²) in [5.41, 5.74) is -0.120. The fourth-order valence-corrected chi connectivity index (χ4v) is 1.79. The van der Waals surface area contributed by atoms with Gasteiger partial charge in [-0.1, -0.05) is 13.8 Å². The van der Waals surface area contributed by atoms with E-state index in [2.05, 4.69) is 15.6 Å². The molecule has 0 atom stereocenters. The lowest BCUT2D eigenvalue weighted by molar-refractivity contribution is -0.137. The van der Waals surface area contributed by atoms with Crippen molar-refractivity contribution in [2.45, 2.75) is 46.6 Å². The number of carbonyl (C=O) groups is 2. The lowest BCUT2D eigenvalue weighted by atomic mass is 9.84. The summed E-state index contributed by atoms with van der Waals surface area (Å²) in [6.07, 6.45) is 3.04. The molecule has 0 aliphatic rings. The molecule has 1 aromatic rings. The quantitative estimate of drug-likeness (QED) is 0.681. The van der Waals surface area contributed by atoms with E-state index in [1.165, 1.54) is 0 Å². The van der Waals surface area contributed by atoms with Gasteiger partial charge in [-0.25, -0.2) is 9.78 Å². The Morgan fingerprint density at radius 3 is 2.62 bits per heavy atom. The number of aliphatic carboxylic acids is 1. The van der Waals surface area contributed by atoms with Gasteiger partial charge in [0, 0.05) is 13.0 Å². The van der Waals surface area contributed by atoms with Gasteiger partial charge < -0.3 is 20.2 Å². The van der Waals surface area contributed by atoms with Crippen LogP contribution in [-0.2, 0) is 11.3 Å². The Hall–Kier alpha value is -2.05. The molecular formula is C14H23N3O4. The molecule has 0 aromatic carbocycles. The molecule has 1 heterocycles. The van der Waals surface area contributed by atoms with Gasteiger partial charge in [-0.3, -0.25) is 4.79 Å². The second-order valence-electron chi connectivity index (χ2n) is 5.78. The summed E-state index contributed by atoms with van der Waals surface area (Å²) in [5, 5.41) is 14.1. The second-order valence-corrected chi connectivity index (χ2v) is 5.78. The van der Waals surface area contributed by atoms with Gasteiger partial charge in [-0.15, -0.1) is 0 Å². The maximum absolute atomic E-state index is 11.6. The van der Waals surface area contributed by atoms with Crippen molar-refractivity contribution in [1.82, 2.24) is 15.6 Å². The van der Waals surface area contributed by atoms with Crippen molar-refractivity contribution >= 4 is 12.0 Å². The van der Waals surface area contributed by atoms with Crippen LogP contribution < -0.4 is 10.6 Å². The van der Waals surface area contributed by atoms with Gasteiger partial charge >= 0.3 is 12.0 Å². The van der Waals surface area contributed by atoms with E-state index in [-0.39, 0.29) is 24.4 Å². The largest absolute Gasteiger partial charge is 0.481 e. The van der Waals surface area contributed by atoms with Gasteiger partial charge in [-0.2, -0.15) is 0 Å². The van der Waals surface area contributed by atoms with E-state index < -0.39 is 5.97 Å². The lowest BCUT2D eigenvalue weighted by Gasteiger charge is -2.23.